The molecule has 1 aliphatic heterocycles. The molecule has 0 aromatic rings. The Kier molecular flexibility index (Phi) is 3.13. The molecule has 2 heteroatoms. The Hall–Kier alpha value is -0.0800. The molecule has 2 N–H and O–H groups in total. The summed E-state index contributed by atoms with van der Waals surface area (Å²) in [6.07, 6.45) is 5.44. The Bertz CT molecular complexity index is 193. The Morgan fingerprint density at radius 1 is 1.14 bits per heavy atom. The van der Waals surface area contributed by atoms with Crippen LogP contribution in [0, 0.1) is 11.8 Å². The van der Waals surface area contributed by atoms with Crippen molar-refractivity contribution in [1.29, 1.82) is 0 Å². The van der Waals surface area contributed by atoms with Crippen molar-refractivity contribution < 1.29 is 0 Å². The zero-order chi connectivity index (χ0) is 10.1. The molecule has 0 spiro atoms. The van der Waals surface area contributed by atoms with E-state index in [2.05, 4.69) is 18.7 Å². The topological polar surface area (TPSA) is 29.3 Å². The molecule has 0 aromatic carbocycles. The molecule has 0 amide bonds. The maximum absolute atomic E-state index is 5.96. The normalized spacial score (nSPS) is 45.6. The highest BCUT2D eigenvalue weighted by atomic mass is 15.2. The summed E-state index contributed by atoms with van der Waals surface area (Å²) >= 11 is 0. The average Bonchev–Trinajstić information content (AvgIpc) is 2.51. The lowest BCUT2D eigenvalue weighted by atomic mass is 9.79. The summed E-state index contributed by atoms with van der Waals surface area (Å²) < 4.78 is 0. The maximum atomic E-state index is 5.96. The van der Waals surface area contributed by atoms with Gasteiger partial charge in [-0.2, -0.15) is 0 Å². The first-order chi connectivity index (χ1) is 6.66. The van der Waals surface area contributed by atoms with Gasteiger partial charge in [-0.15, -0.1) is 0 Å². The van der Waals surface area contributed by atoms with Gasteiger partial charge in [0.25, 0.3) is 0 Å². The summed E-state index contributed by atoms with van der Waals surface area (Å²) in [6.45, 7) is 7.19. The summed E-state index contributed by atoms with van der Waals surface area (Å²) in [5.41, 5.74) is 5.96. The van der Waals surface area contributed by atoms with Crippen molar-refractivity contribution in [2.24, 2.45) is 17.6 Å². The molecule has 0 aromatic heterocycles. The fraction of sp³-hybridized carbons (Fsp3) is 1.00. The Balaban J connectivity index is 1.91. The highest BCUT2D eigenvalue weighted by Gasteiger charge is 2.33. The van der Waals surface area contributed by atoms with Gasteiger partial charge in [0.15, 0.2) is 0 Å². The van der Waals surface area contributed by atoms with Crippen molar-refractivity contribution in [3.8, 4) is 0 Å². The summed E-state index contributed by atoms with van der Waals surface area (Å²) in [7, 11) is 0. The molecule has 2 fully saturated rings. The number of nitrogens with zero attached hydrogens (tertiary/aromatic N) is 1. The quantitative estimate of drug-likeness (QED) is 0.693. The fourth-order valence-electron chi connectivity index (χ4n) is 3.31. The van der Waals surface area contributed by atoms with Crippen molar-refractivity contribution in [3.05, 3.63) is 0 Å². The van der Waals surface area contributed by atoms with Crippen LogP contribution in [0.3, 0.4) is 0 Å². The van der Waals surface area contributed by atoms with E-state index < -0.39 is 0 Å². The van der Waals surface area contributed by atoms with E-state index in [0.717, 1.165) is 24.4 Å². The van der Waals surface area contributed by atoms with Crippen molar-refractivity contribution in [1.82, 2.24) is 4.90 Å². The van der Waals surface area contributed by atoms with Gasteiger partial charge in [-0.25, -0.2) is 0 Å². The summed E-state index contributed by atoms with van der Waals surface area (Å²) in [5.74, 6) is 1.82. The average molecular weight is 196 g/mol. The van der Waals surface area contributed by atoms with Gasteiger partial charge < -0.3 is 5.73 Å². The van der Waals surface area contributed by atoms with Gasteiger partial charge in [0, 0.05) is 25.2 Å². The minimum atomic E-state index is 0.446. The van der Waals surface area contributed by atoms with Gasteiger partial charge in [-0.3, -0.25) is 4.90 Å². The van der Waals surface area contributed by atoms with Crippen LogP contribution in [0.15, 0.2) is 0 Å². The number of hydrogen-bond acceptors (Lipinski definition) is 2. The molecule has 1 heterocycles. The first-order valence-electron chi connectivity index (χ1n) is 6.16. The van der Waals surface area contributed by atoms with Crippen LogP contribution in [0.5, 0.6) is 0 Å². The second-order valence-corrected chi connectivity index (χ2v) is 5.51. The number of rotatable bonds is 1. The van der Waals surface area contributed by atoms with E-state index in [-0.39, 0.29) is 0 Å². The molecule has 2 aliphatic rings. The highest BCUT2D eigenvalue weighted by Crippen LogP contribution is 2.33. The van der Waals surface area contributed by atoms with E-state index in [1.165, 1.54) is 32.2 Å². The summed E-state index contributed by atoms with van der Waals surface area (Å²) in [6, 6.07) is 1.28. The van der Waals surface area contributed by atoms with Crippen molar-refractivity contribution >= 4 is 0 Å². The molecule has 0 radical (unpaired) electrons. The van der Waals surface area contributed by atoms with E-state index in [0.29, 0.717) is 6.04 Å². The van der Waals surface area contributed by atoms with Crippen LogP contribution in [0.25, 0.3) is 0 Å². The molecule has 4 atom stereocenters. The lowest BCUT2D eigenvalue weighted by molar-refractivity contribution is 0.114. The standard InChI is InChI=1S/C12H24N2/c1-9-3-4-12(10(2)7-9)14-6-5-11(13)8-14/h9-12H,3-8,13H2,1-2H3. The lowest BCUT2D eigenvalue weighted by Crippen LogP contribution is -2.42. The number of nitrogens with two attached hydrogens (primary N) is 1. The fourth-order valence-corrected chi connectivity index (χ4v) is 3.31. The smallest absolute Gasteiger partial charge is 0.0180 e. The van der Waals surface area contributed by atoms with E-state index in [4.69, 9.17) is 5.73 Å². The Morgan fingerprint density at radius 2 is 1.93 bits per heavy atom. The zero-order valence-electron chi connectivity index (χ0n) is 9.58. The van der Waals surface area contributed by atoms with Crippen molar-refractivity contribution in [2.75, 3.05) is 13.1 Å². The second-order valence-electron chi connectivity index (χ2n) is 5.51. The zero-order valence-corrected chi connectivity index (χ0v) is 9.58. The maximum Gasteiger partial charge on any atom is 0.0180 e. The van der Waals surface area contributed by atoms with E-state index >= 15 is 0 Å². The van der Waals surface area contributed by atoms with Gasteiger partial charge >= 0.3 is 0 Å². The van der Waals surface area contributed by atoms with Crippen LogP contribution >= 0.6 is 0 Å². The monoisotopic (exact) mass is 196 g/mol. The molecule has 14 heavy (non-hydrogen) atoms. The van der Waals surface area contributed by atoms with Crippen LogP contribution in [0.1, 0.15) is 39.5 Å². The molecule has 4 unspecified atom stereocenters. The molecule has 1 aliphatic carbocycles. The summed E-state index contributed by atoms with van der Waals surface area (Å²) in [4.78, 5) is 2.64. The molecule has 1 saturated heterocycles. The van der Waals surface area contributed by atoms with Crippen LogP contribution in [-0.2, 0) is 0 Å². The van der Waals surface area contributed by atoms with Crippen LogP contribution in [-0.4, -0.2) is 30.1 Å². The second kappa shape index (κ2) is 4.19. The Labute approximate surface area is 87.8 Å². The van der Waals surface area contributed by atoms with Crippen LogP contribution in [0.2, 0.25) is 0 Å². The van der Waals surface area contributed by atoms with Gasteiger partial charge in [-0.05, 0) is 37.5 Å². The number of hydrogen-bond donors (Lipinski definition) is 1. The molecule has 2 rings (SSSR count). The van der Waals surface area contributed by atoms with Crippen LogP contribution in [0.4, 0.5) is 0 Å². The predicted octanol–water partition coefficient (Wildman–Crippen LogP) is 1.84. The minimum Gasteiger partial charge on any atom is -0.326 e. The SMILES string of the molecule is CC1CCC(N2CCC(N)C2)C(C)C1. The number of likely N-dealkylation sites (tertiary alicyclic amines) is 1. The first-order valence-corrected chi connectivity index (χ1v) is 6.16. The molecule has 0 bridgehead atoms. The molecule has 2 nitrogen and oxygen atoms in total. The molecular weight excluding hydrogens is 172 g/mol. The minimum absolute atomic E-state index is 0.446. The van der Waals surface area contributed by atoms with Gasteiger partial charge in [0.2, 0.25) is 0 Å². The molecular formula is C12H24N2. The Morgan fingerprint density at radius 3 is 2.50 bits per heavy atom. The van der Waals surface area contributed by atoms with E-state index in [1.54, 1.807) is 0 Å². The van der Waals surface area contributed by atoms with Gasteiger partial charge in [0.1, 0.15) is 0 Å². The van der Waals surface area contributed by atoms with E-state index in [1.807, 2.05) is 0 Å². The molecule has 82 valence electrons. The van der Waals surface area contributed by atoms with Crippen molar-refractivity contribution in [3.63, 3.8) is 0 Å². The predicted molar refractivity (Wildman–Crippen MR) is 60.1 cm³/mol. The third kappa shape index (κ3) is 2.12. The van der Waals surface area contributed by atoms with E-state index in [9.17, 15) is 0 Å². The third-order valence-corrected chi connectivity index (χ3v) is 4.11. The van der Waals surface area contributed by atoms with Crippen LogP contribution < -0.4 is 5.73 Å². The first kappa shape index (κ1) is 10.4. The molecule has 1 saturated carbocycles. The van der Waals surface area contributed by atoms with Gasteiger partial charge in [-0.1, -0.05) is 13.8 Å². The third-order valence-electron chi connectivity index (χ3n) is 4.11. The van der Waals surface area contributed by atoms with Crippen molar-refractivity contribution in [2.45, 2.75) is 51.6 Å². The van der Waals surface area contributed by atoms with Gasteiger partial charge in [0.05, 0.1) is 0 Å². The summed E-state index contributed by atoms with van der Waals surface area (Å²) in [5, 5.41) is 0. The lowest BCUT2D eigenvalue weighted by Gasteiger charge is -2.38. The largest absolute Gasteiger partial charge is 0.326 e. The highest BCUT2D eigenvalue weighted by molar-refractivity contribution is 4.88.